The SMILES string of the molecule is Cn1cc(-c2cc3c(N4CC5CCC(C4)N5C(=O)C4(F)CC4)ccnc3[nH]2)cn1. The van der Waals surface area contributed by atoms with Crippen LogP contribution in [0.4, 0.5) is 10.1 Å². The van der Waals surface area contributed by atoms with E-state index in [0.29, 0.717) is 12.8 Å². The van der Waals surface area contributed by atoms with Crippen LogP contribution in [0.15, 0.2) is 30.7 Å². The Morgan fingerprint density at radius 3 is 2.69 bits per heavy atom. The molecule has 6 rings (SSSR count). The maximum absolute atomic E-state index is 14.4. The number of aromatic nitrogens is 4. The smallest absolute Gasteiger partial charge is 0.260 e. The number of carbonyl (C=O) groups excluding carboxylic acids is 1. The lowest BCUT2D eigenvalue weighted by Crippen LogP contribution is -2.58. The number of amides is 1. The van der Waals surface area contributed by atoms with Gasteiger partial charge in [-0.1, -0.05) is 0 Å². The van der Waals surface area contributed by atoms with Gasteiger partial charge in [0.1, 0.15) is 5.65 Å². The lowest BCUT2D eigenvalue weighted by Gasteiger charge is -2.42. The number of nitrogens with zero attached hydrogens (tertiary/aromatic N) is 5. The number of rotatable bonds is 3. The fourth-order valence-corrected chi connectivity index (χ4v) is 4.99. The Morgan fingerprint density at radius 1 is 1.28 bits per heavy atom. The first-order valence-electron chi connectivity index (χ1n) is 10.3. The van der Waals surface area contributed by atoms with Gasteiger partial charge in [0.25, 0.3) is 5.91 Å². The summed E-state index contributed by atoms with van der Waals surface area (Å²) in [6.07, 6.45) is 8.30. The summed E-state index contributed by atoms with van der Waals surface area (Å²) in [5.74, 6) is -0.273. The fourth-order valence-electron chi connectivity index (χ4n) is 4.99. The van der Waals surface area contributed by atoms with Crippen LogP contribution < -0.4 is 4.90 Å². The number of hydrogen-bond acceptors (Lipinski definition) is 4. The quantitative estimate of drug-likeness (QED) is 0.742. The van der Waals surface area contributed by atoms with Crippen molar-refractivity contribution in [1.82, 2.24) is 24.6 Å². The van der Waals surface area contributed by atoms with Crippen molar-refractivity contribution in [2.45, 2.75) is 43.4 Å². The molecule has 3 aromatic heterocycles. The van der Waals surface area contributed by atoms with Crippen LogP contribution in [-0.2, 0) is 11.8 Å². The van der Waals surface area contributed by atoms with Crippen LogP contribution in [0, 0.1) is 0 Å². The Morgan fingerprint density at radius 2 is 2.03 bits per heavy atom. The van der Waals surface area contributed by atoms with Gasteiger partial charge in [-0.05, 0) is 37.8 Å². The van der Waals surface area contributed by atoms with Crippen molar-refractivity contribution < 1.29 is 9.18 Å². The van der Waals surface area contributed by atoms with E-state index in [1.807, 2.05) is 36.6 Å². The first-order chi connectivity index (χ1) is 14.0. The molecule has 2 unspecified atom stereocenters. The molecule has 0 aromatic carbocycles. The van der Waals surface area contributed by atoms with E-state index in [1.165, 1.54) is 0 Å². The predicted molar refractivity (Wildman–Crippen MR) is 107 cm³/mol. The topological polar surface area (TPSA) is 70.1 Å². The fraction of sp³-hybridized carbons (Fsp3) is 0.476. The Labute approximate surface area is 167 Å². The molecule has 150 valence electrons. The summed E-state index contributed by atoms with van der Waals surface area (Å²) < 4.78 is 16.2. The summed E-state index contributed by atoms with van der Waals surface area (Å²) in [5, 5.41) is 5.32. The highest BCUT2D eigenvalue weighted by Crippen LogP contribution is 2.45. The molecule has 1 amide bonds. The second-order valence-corrected chi connectivity index (χ2v) is 8.65. The minimum Gasteiger partial charge on any atom is -0.367 e. The molecule has 2 aliphatic heterocycles. The Bertz CT molecular complexity index is 1100. The number of pyridine rings is 1. The second kappa shape index (κ2) is 5.81. The van der Waals surface area contributed by atoms with Crippen molar-refractivity contribution in [1.29, 1.82) is 0 Å². The molecule has 8 heteroatoms. The minimum atomic E-state index is -1.58. The Hall–Kier alpha value is -2.90. The molecule has 1 N–H and O–H groups in total. The molecule has 1 aliphatic carbocycles. The van der Waals surface area contributed by atoms with E-state index in [-0.39, 0.29) is 18.0 Å². The van der Waals surface area contributed by atoms with Gasteiger partial charge in [-0.15, -0.1) is 0 Å². The van der Waals surface area contributed by atoms with Gasteiger partial charge in [0.05, 0.1) is 11.9 Å². The zero-order valence-electron chi connectivity index (χ0n) is 16.3. The lowest BCUT2D eigenvalue weighted by molar-refractivity contribution is -0.141. The number of halogens is 1. The first-order valence-corrected chi connectivity index (χ1v) is 10.3. The number of piperazine rings is 1. The van der Waals surface area contributed by atoms with Gasteiger partial charge in [0, 0.05) is 61.3 Å². The molecular weight excluding hydrogens is 371 g/mol. The van der Waals surface area contributed by atoms with Crippen LogP contribution >= 0.6 is 0 Å². The molecule has 5 heterocycles. The average Bonchev–Trinajstić information content (AvgIpc) is 3.04. The molecule has 3 fully saturated rings. The molecule has 2 bridgehead atoms. The molecule has 7 nitrogen and oxygen atoms in total. The van der Waals surface area contributed by atoms with Crippen LogP contribution in [0.25, 0.3) is 22.3 Å². The third-order valence-corrected chi connectivity index (χ3v) is 6.65. The predicted octanol–water partition coefficient (Wildman–Crippen LogP) is 2.65. The number of fused-ring (bicyclic) bond motifs is 3. The number of aryl methyl sites for hydroxylation is 1. The van der Waals surface area contributed by atoms with E-state index in [1.54, 1.807) is 4.68 Å². The standard InChI is InChI=1S/C21H23FN6O/c1-26-10-13(9-24-26)17-8-16-18(4-7-23-19(16)25-17)27-11-14-2-3-15(12-27)28(14)20(29)21(22)5-6-21/h4,7-10,14-15H,2-3,5-6,11-12H2,1H3,(H,23,25). The number of anilines is 1. The van der Waals surface area contributed by atoms with Gasteiger partial charge in [-0.3, -0.25) is 9.48 Å². The van der Waals surface area contributed by atoms with Gasteiger partial charge in [0.15, 0.2) is 5.67 Å². The second-order valence-electron chi connectivity index (χ2n) is 8.65. The van der Waals surface area contributed by atoms with Crippen molar-refractivity contribution in [3.8, 4) is 11.3 Å². The van der Waals surface area contributed by atoms with Crippen molar-refractivity contribution in [2.24, 2.45) is 7.05 Å². The zero-order valence-corrected chi connectivity index (χ0v) is 16.3. The van der Waals surface area contributed by atoms with Gasteiger partial charge < -0.3 is 14.8 Å². The molecular formula is C21H23FN6O. The van der Waals surface area contributed by atoms with E-state index in [4.69, 9.17) is 0 Å². The summed E-state index contributed by atoms with van der Waals surface area (Å²) in [5.41, 5.74) is 2.38. The van der Waals surface area contributed by atoms with Gasteiger partial charge >= 0.3 is 0 Å². The van der Waals surface area contributed by atoms with Crippen molar-refractivity contribution in [2.75, 3.05) is 18.0 Å². The van der Waals surface area contributed by atoms with Crippen LogP contribution in [0.5, 0.6) is 0 Å². The van der Waals surface area contributed by atoms with Crippen molar-refractivity contribution in [3.63, 3.8) is 0 Å². The number of H-pyrrole nitrogens is 1. The number of aromatic amines is 1. The number of hydrogen-bond donors (Lipinski definition) is 1. The summed E-state index contributed by atoms with van der Waals surface area (Å²) in [6.45, 7) is 1.48. The monoisotopic (exact) mass is 394 g/mol. The van der Waals surface area contributed by atoms with E-state index in [9.17, 15) is 9.18 Å². The van der Waals surface area contributed by atoms with E-state index >= 15 is 0 Å². The first kappa shape index (κ1) is 17.0. The minimum absolute atomic E-state index is 0.0921. The Kier molecular flexibility index (Phi) is 3.40. The average molecular weight is 394 g/mol. The van der Waals surface area contributed by atoms with Crippen molar-refractivity contribution in [3.05, 3.63) is 30.7 Å². The van der Waals surface area contributed by atoms with Gasteiger partial charge in [0.2, 0.25) is 0 Å². The highest BCUT2D eigenvalue weighted by molar-refractivity contribution is 5.94. The van der Waals surface area contributed by atoms with Crippen LogP contribution in [0.3, 0.4) is 0 Å². The van der Waals surface area contributed by atoms with E-state index in [2.05, 4.69) is 26.0 Å². The highest BCUT2D eigenvalue weighted by Gasteiger charge is 2.57. The third kappa shape index (κ3) is 2.58. The molecule has 1 saturated carbocycles. The molecule has 2 saturated heterocycles. The largest absolute Gasteiger partial charge is 0.367 e. The molecule has 29 heavy (non-hydrogen) atoms. The summed E-state index contributed by atoms with van der Waals surface area (Å²) in [6, 6.07) is 4.34. The van der Waals surface area contributed by atoms with Crippen molar-refractivity contribution >= 4 is 22.6 Å². The molecule has 3 aromatic rings. The summed E-state index contributed by atoms with van der Waals surface area (Å²) in [4.78, 5) is 24.8. The number of carbonyl (C=O) groups is 1. The van der Waals surface area contributed by atoms with Crippen LogP contribution in [0.2, 0.25) is 0 Å². The highest BCUT2D eigenvalue weighted by atomic mass is 19.1. The zero-order chi connectivity index (χ0) is 19.8. The van der Waals surface area contributed by atoms with E-state index < -0.39 is 5.67 Å². The summed E-state index contributed by atoms with van der Waals surface area (Å²) >= 11 is 0. The third-order valence-electron chi connectivity index (χ3n) is 6.65. The maximum atomic E-state index is 14.4. The lowest BCUT2D eigenvalue weighted by atomic mass is 10.1. The van der Waals surface area contributed by atoms with Gasteiger partial charge in [-0.25, -0.2) is 9.37 Å². The molecule has 0 spiro atoms. The van der Waals surface area contributed by atoms with E-state index in [0.717, 1.165) is 53.9 Å². The number of nitrogens with one attached hydrogen (secondary N) is 1. The van der Waals surface area contributed by atoms with Gasteiger partial charge in [-0.2, -0.15) is 5.10 Å². The summed E-state index contributed by atoms with van der Waals surface area (Å²) in [7, 11) is 1.90. The van der Waals surface area contributed by atoms with Crippen LogP contribution in [0.1, 0.15) is 25.7 Å². The maximum Gasteiger partial charge on any atom is 0.260 e. The molecule has 0 radical (unpaired) electrons. The normalized spacial score (nSPS) is 25.0. The van der Waals surface area contributed by atoms with Crippen LogP contribution in [-0.4, -0.2) is 61.4 Å². The molecule has 3 aliphatic rings. The molecule has 2 atom stereocenters. The number of alkyl halides is 1. The Balaban J connectivity index is 1.32.